The SMILES string of the molecule is CCCC1CC1NC1CC(OCC)C1(C)C. The molecule has 2 aliphatic rings. The smallest absolute Gasteiger partial charge is 0.0655 e. The molecule has 0 aromatic rings. The summed E-state index contributed by atoms with van der Waals surface area (Å²) in [5.41, 5.74) is 0.329. The van der Waals surface area contributed by atoms with Gasteiger partial charge in [-0.15, -0.1) is 0 Å². The molecule has 2 heteroatoms. The van der Waals surface area contributed by atoms with Crippen LogP contribution >= 0.6 is 0 Å². The largest absolute Gasteiger partial charge is 0.378 e. The fraction of sp³-hybridized carbons (Fsp3) is 1.00. The maximum absolute atomic E-state index is 5.76. The highest BCUT2D eigenvalue weighted by molar-refractivity contribution is 5.06. The monoisotopic (exact) mass is 225 g/mol. The van der Waals surface area contributed by atoms with Crippen molar-refractivity contribution >= 4 is 0 Å². The van der Waals surface area contributed by atoms with Crippen molar-refractivity contribution in [2.75, 3.05) is 6.61 Å². The second-order valence-corrected chi connectivity index (χ2v) is 6.11. The molecule has 4 unspecified atom stereocenters. The summed E-state index contributed by atoms with van der Waals surface area (Å²) in [6.07, 6.45) is 5.81. The molecule has 0 aromatic heterocycles. The Kier molecular flexibility index (Phi) is 3.60. The van der Waals surface area contributed by atoms with E-state index in [-0.39, 0.29) is 0 Å². The maximum atomic E-state index is 5.76. The van der Waals surface area contributed by atoms with E-state index >= 15 is 0 Å². The Balaban J connectivity index is 1.73. The topological polar surface area (TPSA) is 21.3 Å². The normalized spacial score (nSPS) is 40.5. The lowest BCUT2D eigenvalue weighted by atomic mass is 9.64. The van der Waals surface area contributed by atoms with E-state index in [1.165, 1.54) is 25.7 Å². The summed E-state index contributed by atoms with van der Waals surface area (Å²) in [5.74, 6) is 0.965. The van der Waals surface area contributed by atoms with Crippen LogP contribution in [0.15, 0.2) is 0 Å². The highest BCUT2D eigenvalue weighted by atomic mass is 16.5. The van der Waals surface area contributed by atoms with Crippen LogP contribution in [0.5, 0.6) is 0 Å². The van der Waals surface area contributed by atoms with Gasteiger partial charge in [0.2, 0.25) is 0 Å². The number of ether oxygens (including phenoxy) is 1. The fourth-order valence-electron chi connectivity index (χ4n) is 3.05. The van der Waals surface area contributed by atoms with Crippen LogP contribution in [0.3, 0.4) is 0 Å². The molecule has 2 saturated carbocycles. The lowest BCUT2D eigenvalue weighted by Gasteiger charge is -2.52. The Morgan fingerprint density at radius 3 is 2.56 bits per heavy atom. The zero-order valence-corrected chi connectivity index (χ0v) is 11.3. The van der Waals surface area contributed by atoms with E-state index in [1.807, 2.05) is 0 Å². The van der Waals surface area contributed by atoms with Gasteiger partial charge in [0, 0.05) is 24.1 Å². The van der Waals surface area contributed by atoms with Gasteiger partial charge in [-0.2, -0.15) is 0 Å². The fourth-order valence-corrected chi connectivity index (χ4v) is 3.05. The van der Waals surface area contributed by atoms with Crippen molar-refractivity contribution in [3.8, 4) is 0 Å². The third-order valence-electron chi connectivity index (χ3n) is 4.54. The third kappa shape index (κ3) is 2.28. The minimum atomic E-state index is 0.329. The van der Waals surface area contributed by atoms with Gasteiger partial charge in [-0.25, -0.2) is 0 Å². The summed E-state index contributed by atoms with van der Waals surface area (Å²) in [4.78, 5) is 0. The first-order chi connectivity index (χ1) is 7.59. The van der Waals surface area contributed by atoms with E-state index in [2.05, 4.69) is 33.0 Å². The quantitative estimate of drug-likeness (QED) is 0.750. The summed E-state index contributed by atoms with van der Waals surface area (Å²) >= 11 is 0. The van der Waals surface area contributed by atoms with Gasteiger partial charge >= 0.3 is 0 Å². The molecule has 0 bridgehead atoms. The van der Waals surface area contributed by atoms with Crippen molar-refractivity contribution in [1.82, 2.24) is 5.32 Å². The van der Waals surface area contributed by atoms with Crippen molar-refractivity contribution in [2.45, 2.75) is 71.6 Å². The van der Waals surface area contributed by atoms with Gasteiger partial charge in [0.25, 0.3) is 0 Å². The summed E-state index contributed by atoms with van der Waals surface area (Å²) in [6, 6.07) is 1.49. The predicted octanol–water partition coefficient (Wildman–Crippen LogP) is 2.97. The van der Waals surface area contributed by atoms with Crippen molar-refractivity contribution in [3.63, 3.8) is 0 Å². The molecule has 94 valence electrons. The molecule has 0 spiro atoms. The molecule has 0 heterocycles. The van der Waals surface area contributed by atoms with E-state index in [9.17, 15) is 0 Å². The van der Waals surface area contributed by atoms with Gasteiger partial charge < -0.3 is 10.1 Å². The molecular formula is C14H27NO. The van der Waals surface area contributed by atoms with Crippen LogP contribution in [0, 0.1) is 11.3 Å². The predicted molar refractivity (Wildman–Crippen MR) is 67.5 cm³/mol. The highest BCUT2D eigenvalue weighted by Gasteiger charge is 2.51. The molecule has 0 aromatic carbocycles. The Hall–Kier alpha value is -0.0800. The summed E-state index contributed by atoms with van der Waals surface area (Å²) in [6.45, 7) is 9.91. The highest BCUT2D eigenvalue weighted by Crippen LogP contribution is 2.45. The average Bonchev–Trinajstić information content (AvgIpc) is 2.96. The minimum Gasteiger partial charge on any atom is -0.378 e. The van der Waals surface area contributed by atoms with Crippen LogP contribution in [0.2, 0.25) is 0 Å². The molecule has 2 aliphatic carbocycles. The van der Waals surface area contributed by atoms with E-state index in [1.54, 1.807) is 0 Å². The lowest BCUT2D eigenvalue weighted by Crippen LogP contribution is -2.61. The summed E-state index contributed by atoms with van der Waals surface area (Å²) in [7, 11) is 0. The van der Waals surface area contributed by atoms with Crippen LogP contribution in [0.1, 0.15) is 53.4 Å². The summed E-state index contributed by atoms with van der Waals surface area (Å²) < 4.78 is 5.76. The lowest BCUT2D eigenvalue weighted by molar-refractivity contribution is -0.114. The number of hydrogen-bond donors (Lipinski definition) is 1. The first kappa shape index (κ1) is 12.4. The molecule has 2 rings (SSSR count). The second-order valence-electron chi connectivity index (χ2n) is 6.11. The van der Waals surface area contributed by atoms with Crippen LogP contribution in [-0.4, -0.2) is 24.8 Å². The van der Waals surface area contributed by atoms with Crippen molar-refractivity contribution in [1.29, 1.82) is 0 Å². The van der Waals surface area contributed by atoms with Gasteiger partial charge in [-0.1, -0.05) is 27.2 Å². The van der Waals surface area contributed by atoms with Crippen molar-refractivity contribution in [2.24, 2.45) is 11.3 Å². The van der Waals surface area contributed by atoms with Crippen LogP contribution < -0.4 is 5.32 Å². The molecule has 16 heavy (non-hydrogen) atoms. The Labute approximate surface area is 100 Å². The molecular weight excluding hydrogens is 198 g/mol. The molecule has 0 aliphatic heterocycles. The molecule has 1 N–H and O–H groups in total. The van der Waals surface area contributed by atoms with Gasteiger partial charge in [-0.05, 0) is 32.1 Å². The van der Waals surface area contributed by atoms with E-state index < -0.39 is 0 Å². The molecule has 2 fully saturated rings. The van der Waals surface area contributed by atoms with E-state index in [0.29, 0.717) is 17.6 Å². The second kappa shape index (κ2) is 4.66. The first-order valence-electron chi connectivity index (χ1n) is 6.97. The number of rotatable bonds is 6. The van der Waals surface area contributed by atoms with Gasteiger partial charge in [0.05, 0.1) is 6.10 Å². The molecule has 0 amide bonds. The van der Waals surface area contributed by atoms with Gasteiger partial charge in [0.1, 0.15) is 0 Å². The van der Waals surface area contributed by atoms with Crippen LogP contribution in [0.4, 0.5) is 0 Å². The van der Waals surface area contributed by atoms with Crippen LogP contribution in [-0.2, 0) is 4.74 Å². The molecule has 4 atom stereocenters. The van der Waals surface area contributed by atoms with E-state index in [4.69, 9.17) is 4.74 Å². The maximum Gasteiger partial charge on any atom is 0.0655 e. The van der Waals surface area contributed by atoms with Crippen LogP contribution in [0.25, 0.3) is 0 Å². The molecule has 2 nitrogen and oxygen atoms in total. The first-order valence-corrected chi connectivity index (χ1v) is 6.97. The van der Waals surface area contributed by atoms with Gasteiger partial charge in [0.15, 0.2) is 0 Å². The molecule has 0 radical (unpaired) electrons. The van der Waals surface area contributed by atoms with E-state index in [0.717, 1.165) is 18.6 Å². The van der Waals surface area contributed by atoms with Crippen molar-refractivity contribution in [3.05, 3.63) is 0 Å². The molecule has 0 saturated heterocycles. The number of nitrogens with one attached hydrogen (secondary N) is 1. The Bertz CT molecular complexity index is 239. The van der Waals surface area contributed by atoms with Crippen molar-refractivity contribution < 1.29 is 4.74 Å². The minimum absolute atomic E-state index is 0.329. The number of hydrogen-bond acceptors (Lipinski definition) is 2. The zero-order chi connectivity index (χ0) is 11.8. The Morgan fingerprint density at radius 1 is 1.25 bits per heavy atom. The zero-order valence-electron chi connectivity index (χ0n) is 11.3. The summed E-state index contributed by atoms with van der Waals surface area (Å²) in [5, 5.41) is 3.82. The van der Waals surface area contributed by atoms with Gasteiger partial charge in [-0.3, -0.25) is 0 Å². The third-order valence-corrected chi connectivity index (χ3v) is 4.54. The average molecular weight is 225 g/mol. The standard InChI is InChI=1S/C14H27NO/c1-5-7-10-8-11(10)15-12-9-13(16-6-2)14(12,3)4/h10-13,15H,5-9H2,1-4H3. The Morgan fingerprint density at radius 2 is 2.00 bits per heavy atom.